The summed E-state index contributed by atoms with van der Waals surface area (Å²) in [5, 5.41) is 3.36. The van der Waals surface area contributed by atoms with Gasteiger partial charge in [0.15, 0.2) is 0 Å². The van der Waals surface area contributed by atoms with Crippen LogP contribution in [0.4, 0.5) is 0 Å². The second-order valence-electron chi connectivity index (χ2n) is 4.49. The molecule has 0 radical (unpaired) electrons. The van der Waals surface area contributed by atoms with Crippen molar-refractivity contribution in [2.45, 2.75) is 33.0 Å². The minimum atomic E-state index is 0.207. The van der Waals surface area contributed by atoms with Gasteiger partial charge in [-0.3, -0.25) is 0 Å². The second-order valence-corrected chi connectivity index (χ2v) is 4.49. The summed E-state index contributed by atoms with van der Waals surface area (Å²) in [6.45, 7) is 5.66. The highest BCUT2D eigenvalue weighted by molar-refractivity contribution is 5.28. The van der Waals surface area contributed by atoms with E-state index in [1.165, 1.54) is 5.56 Å². The third-order valence-electron chi connectivity index (χ3n) is 2.47. The Balaban J connectivity index is 1.85. The topological polar surface area (TPSA) is 49.9 Å². The molecular formula is C14H19N3O. The van der Waals surface area contributed by atoms with Crippen LogP contribution in [0.25, 0.3) is 0 Å². The van der Waals surface area contributed by atoms with Gasteiger partial charge < -0.3 is 15.0 Å². The highest BCUT2D eigenvalue weighted by Crippen LogP contribution is 2.14. The molecule has 0 aliphatic carbocycles. The summed E-state index contributed by atoms with van der Waals surface area (Å²) in [5.41, 5.74) is 2.30. The summed E-state index contributed by atoms with van der Waals surface area (Å²) in [5.74, 6) is 0.922. The van der Waals surface area contributed by atoms with Crippen LogP contribution in [0.2, 0.25) is 0 Å². The Morgan fingerprint density at radius 3 is 2.94 bits per heavy atom. The molecule has 0 aliphatic heterocycles. The van der Waals surface area contributed by atoms with Crippen molar-refractivity contribution in [2.24, 2.45) is 0 Å². The quantitative estimate of drug-likeness (QED) is 0.822. The van der Waals surface area contributed by atoms with Crippen molar-refractivity contribution in [3.05, 3.63) is 48.0 Å². The molecule has 0 amide bonds. The monoisotopic (exact) mass is 245 g/mol. The first kappa shape index (κ1) is 12.6. The molecule has 2 rings (SSSR count). The van der Waals surface area contributed by atoms with Gasteiger partial charge in [0.2, 0.25) is 0 Å². The van der Waals surface area contributed by atoms with E-state index < -0.39 is 0 Å². The lowest BCUT2D eigenvalue weighted by atomic mass is 10.2. The lowest BCUT2D eigenvalue weighted by Gasteiger charge is -2.11. The fourth-order valence-corrected chi connectivity index (χ4v) is 1.72. The molecule has 0 unspecified atom stereocenters. The zero-order valence-corrected chi connectivity index (χ0v) is 10.8. The van der Waals surface area contributed by atoms with Gasteiger partial charge in [0.1, 0.15) is 5.75 Å². The van der Waals surface area contributed by atoms with E-state index >= 15 is 0 Å². The molecule has 4 heteroatoms. The predicted octanol–water partition coefficient (Wildman–Crippen LogP) is 2.49. The average Bonchev–Trinajstić information content (AvgIpc) is 2.82. The van der Waals surface area contributed by atoms with Gasteiger partial charge in [-0.25, -0.2) is 4.98 Å². The summed E-state index contributed by atoms with van der Waals surface area (Å²) < 4.78 is 5.66. The summed E-state index contributed by atoms with van der Waals surface area (Å²) in [6, 6.07) is 8.16. The fraction of sp³-hybridized carbons (Fsp3) is 0.357. The molecule has 2 N–H and O–H groups in total. The zero-order valence-electron chi connectivity index (χ0n) is 10.8. The first-order valence-electron chi connectivity index (χ1n) is 6.17. The van der Waals surface area contributed by atoms with E-state index in [1.807, 2.05) is 32.2 Å². The van der Waals surface area contributed by atoms with E-state index in [0.717, 1.165) is 24.5 Å². The van der Waals surface area contributed by atoms with Crippen molar-refractivity contribution in [1.29, 1.82) is 0 Å². The summed E-state index contributed by atoms with van der Waals surface area (Å²) in [7, 11) is 0. The fourth-order valence-electron chi connectivity index (χ4n) is 1.72. The molecule has 1 aromatic heterocycles. The number of rotatable bonds is 6. The zero-order chi connectivity index (χ0) is 12.8. The van der Waals surface area contributed by atoms with Crippen LogP contribution in [0.3, 0.4) is 0 Å². The van der Waals surface area contributed by atoms with Crippen molar-refractivity contribution in [1.82, 2.24) is 15.3 Å². The summed E-state index contributed by atoms with van der Waals surface area (Å²) in [6.07, 6.45) is 3.72. The normalized spacial score (nSPS) is 10.8. The van der Waals surface area contributed by atoms with Crippen LogP contribution in [0, 0.1) is 0 Å². The molecular weight excluding hydrogens is 226 g/mol. The Morgan fingerprint density at radius 2 is 2.22 bits per heavy atom. The molecule has 0 saturated heterocycles. The molecule has 0 saturated carbocycles. The maximum atomic E-state index is 5.66. The van der Waals surface area contributed by atoms with Crippen LogP contribution in [0.5, 0.6) is 5.75 Å². The molecule has 18 heavy (non-hydrogen) atoms. The standard InChI is InChI=1S/C14H19N3O/c1-11(2)18-14-5-3-4-12(6-14)7-15-8-13-9-16-10-17-13/h3-6,9-11,15H,7-8H2,1-2H3,(H,16,17). The Bertz CT molecular complexity index is 466. The molecule has 0 spiro atoms. The van der Waals surface area contributed by atoms with Crippen LogP contribution in [-0.2, 0) is 13.1 Å². The molecule has 0 atom stereocenters. The van der Waals surface area contributed by atoms with Gasteiger partial charge in [-0.05, 0) is 31.5 Å². The van der Waals surface area contributed by atoms with Gasteiger partial charge in [-0.15, -0.1) is 0 Å². The van der Waals surface area contributed by atoms with E-state index in [-0.39, 0.29) is 6.10 Å². The van der Waals surface area contributed by atoms with Crippen molar-refractivity contribution in [3.63, 3.8) is 0 Å². The third-order valence-corrected chi connectivity index (χ3v) is 2.47. The average molecular weight is 245 g/mol. The van der Waals surface area contributed by atoms with Gasteiger partial charge >= 0.3 is 0 Å². The molecule has 2 aromatic rings. The second kappa shape index (κ2) is 6.21. The van der Waals surface area contributed by atoms with Crippen molar-refractivity contribution >= 4 is 0 Å². The van der Waals surface area contributed by atoms with Crippen molar-refractivity contribution < 1.29 is 4.74 Å². The summed E-state index contributed by atoms with van der Waals surface area (Å²) >= 11 is 0. The number of hydrogen-bond donors (Lipinski definition) is 2. The molecule has 96 valence electrons. The predicted molar refractivity (Wildman–Crippen MR) is 71.3 cm³/mol. The molecule has 1 aromatic carbocycles. The number of aromatic amines is 1. The molecule has 0 bridgehead atoms. The van der Waals surface area contributed by atoms with Gasteiger partial charge in [0, 0.05) is 25.0 Å². The minimum absolute atomic E-state index is 0.207. The van der Waals surface area contributed by atoms with Crippen LogP contribution >= 0.6 is 0 Å². The molecule has 0 fully saturated rings. The van der Waals surface area contributed by atoms with Crippen LogP contribution in [-0.4, -0.2) is 16.1 Å². The number of H-pyrrole nitrogens is 1. The summed E-state index contributed by atoms with van der Waals surface area (Å²) in [4.78, 5) is 7.04. The molecule has 0 aliphatic rings. The highest BCUT2D eigenvalue weighted by Gasteiger charge is 2.00. The Hall–Kier alpha value is -1.81. The number of ether oxygens (including phenoxy) is 1. The largest absolute Gasteiger partial charge is 0.491 e. The molecule has 4 nitrogen and oxygen atoms in total. The Kier molecular flexibility index (Phi) is 4.36. The first-order valence-corrected chi connectivity index (χ1v) is 6.17. The van der Waals surface area contributed by atoms with Gasteiger partial charge in [0.05, 0.1) is 12.4 Å². The van der Waals surface area contributed by atoms with Gasteiger partial charge in [0.25, 0.3) is 0 Å². The van der Waals surface area contributed by atoms with Crippen molar-refractivity contribution in [2.75, 3.05) is 0 Å². The van der Waals surface area contributed by atoms with E-state index in [9.17, 15) is 0 Å². The number of nitrogens with zero attached hydrogens (tertiary/aromatic N) is 1. The highest BCUT2D eigenvalue weighted by atomic mass is 16.5. The smallest absolute Gasteiger partial charge is 0.120 e. The number of benzene rings is 1. The third kappa shape index (κ3) is 3.89. The maximum absolute atomic E-state index is 5.66. The van der Waals surface area contributed by atoms with Crippen LogP contribution in [0.15, 0.2) is 36.8 Å². The Labute approximate surface area is 107 Å². The Morgan fingerprint density at radius 1 is 1.33 bits per heavy atom. The van der Waals surface area contributed by atoms with E-state index in [1.54, 1.807) is 6.33 Å². The lowest BCUT2D eigenvalue weighted by molar-refractivity contribution is 0.242. The van der Waals surface area contributed by atoms with Gasteiger partial charge in [-0.2, -0.15) is 0 Å². The number of nitrogens with one attached hydrogen (secondary N) is 2. The van der Waals surface area contributed by atoms with Gasteiger partial charge in [-0.1, -0.05) is 12.1 Å². The van der Waals surface area contributed by atoms with Crippen LogP contribution in [0.1, 0.15) is 25.1 Å². The lowest BCUT2D eigenvalue weighted by Crippen LogP contribution is -2.13. The number of aromatic nitrogens is 2. The first-order chi connectivity index (χ1) is 8.74. The maximum Gasteiger partial charge on any atom is 0.120 e. The number of hydrogen-bond acceptors (Lipinski definition) is 3. The van der Waals surface area contributed by atoms with Crippen molar-refractivity contribution in [3.8, 4) is 5.75 Å². The molecule has 1 heterocycles. The van der Waals surface area contributed by atoms with E-state index in [2.05, 4.69) is 27.4 Å². The van der Waals surface area contributed by atoms with E-state index in [0.29, 0.717) is 0 Å². The minimum Gasteiger partial charge on any atom is -0.491 e. The SMILES string of the molecule is CC(C)Oc1cccc(CNCc2cnc[nH]2)c1. The van der Waals surface area contributed by atoms with E-state index in [4.69, 9.17) is 4.74 Å². The van der Waals surface area contributed by atoms with Crippen LogP contribution < -0.4 is 10.1 Å². The number of imidazole rings is 1.